The maximum Gasteiger partial charge on any atom is 0.250 e. The molecular weight excluding hydrogens is 200 g/mol. The van der Waals surface area contributed by atoms with E-state index < -0.39 is 8.32 Å². The lowest BCUT2D eigenvalue weighted by atomic mass is 10.1. The first-order chi connectivity index (χ1) is 6.92. The smallest absolute Gasteiger partial charge is 0.250 e. The second kappa shape index (κ2) is 6.36. The molecule has 0 N–H and O–H groups in total. The van der Waals surface area contributed by atoms with Gasteiger partial charge in [0.25, 0.3) is 0 Å². The van der Waals surface area contributed by atoms with Gasteiger partial charge >= 0.3 is 0 Å². The van der Waals surface area contributed by atoms with E-state index >= 15 is 0 Å². The highest BCUT2D eigenvalue weighted by Crippen LogP contribution is 2.29. The van der Waals surface area contributed by atoms with Crippen molar-refractivity contribution in [2.24, 2.45) is 5.92 Å². The molecule has 0 amide bonds. The highest BCUT2D eigenvalue weighted by molar-refractivity contribution is 6.73. The minimum absolute atomic E-state index is 0.520. The van der Waals surface area contributed by atoms with Crippen LogP contribution in [0.3, 0.4) is 0 Å². The van der Waals surface area contributed by atoms with Gasteiger partial charge in [0, 0.05) is 5.92 Å². The van der Waals surface area contributed by atoms with E-state index in [-0.39, 0.29) is 0 Å². The summed E-state index contributed by atoms with van der Waals surface area (Å²) in [6.45, 7) is 15.6. The normalized spacial score (nSPS) is 11.7. The van der Waals surface area contributed by atoms with Gasteiger partial charge < -0.3 is 4.43 Å². The highest BCUT2D eigenvalue weighted by atomic mass is 28.4. The maximum atomic E-state index is 6.43. The molecule has 2 heteroatoms. The summed E-state index contributed by atoms with van der Waals surface area (Å²) < 4.78 is 6.43. The van der Waals surface area contributed by atoms with Crippen LogP contribution < -0.4 is 0 Å². The van der Waals surface area contributed by atoms with Crippen LogP contribution in [0.5, 0.6) is 0 Å². The van der Waals surface area contributed by atoms with Gasteiger partial charge in [0.05, 0.1) is 5.76 Å². The fourth-order valence-corrected chi connectivity index (χ4v) is 4.84. The molecule has 0 saturated carbocycles. The molecule has 15 heavy (non-hydrogen) atoms. The molecule has 0 heterocycles. The number of allylic oxidation sites excluding steroid dienone is 2. The van der Waals surface area contributed by atoms with Crippen molar-refractivity contribution in [1.29, 1.82) is 0 Å². The molecule has 0 rings (SSSR count). The van der Waals surface area contributed by atoms with Crippen LogP contribution in [-0.4, -0.2) is 8.32 Å². The first-order valence-corrected chi connectivity index (χ1v) is 8.81. The van der Waals surface area contributed by atoms with Crippen molar-refractivity contribution in [2.75, 3.05) is 0 Å². The van der Waals surface area contributed by atoms with Crippen LogP contribution in [0, 0.1) is 5.92 Å². The molecule has 0 spiro atoms. The van der Waals surface area contributed by atoms with Gasteiger partial charge in [-0.2, -0.15) is 0 Å². The first kappa shape index (κ1) is 14.8. The van der Waals surface area contributed by atoms with Gasteiger partial charge in [-0.3, -0.25) is 0 Å². The Morgan fingerprint density at radius 2 is 1.40 bits per heavy atom. The molecule has 1 nitrogen and oxygen atoms in total. The molecule has 0 aliphatic heterocycles. The molecule has 90 valence electrons. The fourth-order valence-electron chi connectivity index (χ4n) is 2.00. The Morgan fingerprint density at radius 3 is 1.60 bits per heavy atom. The first-order valence-electron chi connectivity index (χ1n) is 6.28. The molecule has 0 aromatic rings. The van der Waals surface area contributed by atoms with Crippen LogP contribution in [0.15, 0.2) is 11.3 Å². The second-order valence-electron chi connectivity index (χ2n) is 4.86. The third kappa shape index (κ3) is 4.02. The van der Waals surface area contributed by atoms with Crippen molar-refractivity contribution in [3.63, 3.8) is 0 Å². The van der Waals surface area contributed by atoms with Crippen LogP contribution in [0.2, 0.25) is 18.1 Å². The molecule has 0 aliphatic rings. The summed E-state index contributed by atoms with van der Waals surface area (Å²) in [5.41, 5.74) is 1.34. The van der Waals surface area contributed by atoms with Gasteiger partial charge in [0.2, 0.25) is 8.32 Å². The van der Waals surface area contributed by atoms with Gasteiger partial charge in [0.15, 0.2) is 0 Å². The lowest BCUT2D eigenvalue weighted by Crippen LogP contribution is -2.36. The van der Waals surface area contributed by atoms with E-state index in [0.717, 1.165) is 0 Å². The van der Waals surface area contributed by atoms with Gasteiger partial charge in [0.1, 0.15) is 0 Å². The van der Waals surface area contributed by atoms with Crippen molar-refractivity contribution in [2.45, 2.75) is 66.6 Å². The molecule has 0 saturated heterocycles. The summed E-state index contributed by atoms with van der Waals surface area (Å²) in [4.78, 5) is 0. The zero-order chi connectivity index (χ0) is 12.1. The lowest BCUT2D eigenvalue weighted by Gasteiger charge is -2.32. The van der Waals surface area contributed by atoms with Crippen LogP contribution in [0.1, 0.15) is 48.5 Å². The van der Waals surface area contributed by atoms with Gasteiger partial charge in [-0.1, -0.05) is 34.6 Å². The van der Waals surface area contributed by atoms with Crippen molar-refractivity contribution in [3.8, 4) is 0 Å². The number of rotatable bonds is 6. The molecule has 0 radical (unpaired) electrons. The molecule has 0 aromatic heterocycles. The molecule has 0 fully saturated rings. The molecule has 0 bridgehead atoms. The monoisotopic (exact) mass is 228 g/mol. The molecule has 0 unspecified atom stereocenters. The van der Waals surface area contributed by atoms with E-state index in [2.05, 4.69) is 48.5 Å². The van der Waals surface area contributed by atoms with Crippen molar-refractivity contribution < 1.29 is 4.43 Å². The maximum absolute atomic E-state index is 6.43. The average molecular weight is 228 g/mol. The highest BCUT2D eigenvalue weighted by Gasteiger charge is 2.32. The van der Waals surface area contributed by atoms with Crippen LogP contribution in [0.25, 0.3) is 0 Å². The SMILES string of the molecule is CC[Si](CC)(CC)OC(=C(C)C)C(C)C. The summed E-state index contributed by atoms with van der Waals surface area (Å²) in [6.07, 6.45) is 0. The van der Waals surface area contributed by atoms with E-state index in [4.69, 9.17) is 4.43 Å². The largest absolute Gasteiger partial charge is 0.546 e. The Kier molecular flexibility index (Phi) is 6.26. The number of hydrogen-bond donors (Lipinski definition) is 0. The fraction of sp³-hybridized carbons (Fsp3) is 0.846. The third-order valence-electron chi connectivity index (χ3n) is 3.28. The predicted octanol–water partition coefficient (Wildman–Crippen LogP) is 4.96. The average Bonchev–Trinajstić information content (AvgIpc) is 2.20. The molecule has 0 aliphatic carbocycles. The van der Waals surface area contributed by atoms with Crippen LogP contribution >= 0.6 is 0 Å². The van der Waals surface area contributed by atoms with E-state index in [1.807, 2.05) is 0 Å². The van der Waals surface area contributed by atoms with E-state index in [0.29, 0.717) is 5.92 Å². The third-order valence-corrected chi connectivity index (χ3v) is 7.80. The minimum atomic E-state index is -1.46. The van der Waals surface area contributed by atoms with E-state index in [1.54, 1.807) is 0 Å². The Morgan fingerprint density at radius 1 is 1.00 bits per heavy atom. The Labute approximate surface area is 97.0 Å². The quantitative estimate of drug-likeness (QED) is 0.461. The molecule has 0 aromatic carbocycles. The minimum Gasteiger partial charge on any atom is -0.546 e. The van der Waals surface area contributed by atoms with Crippen LogP contribution in [-0.2, 0) is 4.43 Å². The Hall–Kier alpha value is -0.243. The second-order valence-corrected chi connectivity index (χ2v) is 9.56. The summed E-state index contributed by atoms with van der Waals surface area (Å²) in [5, 5.41) is 0. The Balaban J connectivity index is 4.86. The summed E-state index contributed by atoms with van der Waals surface area (Å²) in [6, 6.07) is 3.68. The van der Waals surface area contributed by atoms with Gasteiger partial charge in [-0.15, -0.1) is 0 Å². The van der Waals surface area contributed by atoms with Crippen molar-refractivity contribution in [1.82, 2.24) is 0 Å². The van der Waals surface area contributed by atoms with Crippen LogP contribution in [0.4, 0.5) is 0 Å². The summed E-state index contributed by atoms with van der Waals surface area (Å²) in [5.74, 6) is 1.76. The molecular formula is C13H28OSi. The lowest BCUT2D eigenvalue weighted by molar-refractivity contribution is 0.345. The van der Waals surface area contributed by atoms with Crippen molar-refractivity contribution in [3.05, 3.63) is 11.3 Å². The molecule has 0 atom stereocenters. The van der Waals surface area contributed by atoms with Gasteiger partial charge in [-0.25, -0.2) is 0 Å². The zero-order valence-corrected chi connectivity index (χ0v) is 12.6. The number of hydrogen-bond acceptors (Lipinski definition) is 1. The predicted molar refractivity (Wildman–Crippen MR) is 71.5 cm³/mol. The summed E-state index contributed by atoms with van der Waals surface area (Å²) >= 11 is 0. The summed E-state index contributed by atoms with van der Waals surface area (Å²) in [7, 11) is -1.46. The van der Waals surface area contributed by atoms with Gasteiger partial charge in [-0.05, 0) is 37.6 Å². The van der Waals surface area contributed by atoms with E-state index in [9.17, 15) is 0 Å². The Bertz CT molecular complexity index is 202. The zero-order valence-electron chi connectivity index (χ0n) is 11.6. The van der Waals surface area contributed by atoms with E-state index in [1.165, 1.54) is 29.5 Å². The topological polar surface area (TPSA) is 9.23 Å². The standard InChI is InChI=1S/C13H28OSi/c1-8-15(9-2,10-3)14-13(11(4)5)12(6)7/h11H,8-10H2,1-7H3. The van der Waals surface area contributed by atoms with Crippen molar-refractivity contribution >= 4 is 8.32 Å².